The molecular weight excluding hydrogens is 705 g/mol. The van der Waals surface area contributed by atoms with Gasteiger partial charge in [0.2, 0.25) is 0 Å². The minimum atomic E-state index is 1.04. The zero-order valence-corrected chi connectivity index (χ0v) is 32.1. The lowest BCUT2D eigenvalue weighted by Gasteiger charge is -2.26. The highest BCUT2D eigenvalue weighted by Gasteiger charge is 2.18. The number of hydrogen-bond donors (Lipinski definition) is 2. The highest BCUT2D eigenvalue weighted by atomic mass is 15.1. The van der Waals surface area contributed by atoms with Crippen LogP contribution in [-0.2, 0) is 0 Å². The van der Waals surface area contributed by atoms with Gasteiger partial charge in [-0.25, -0.2) is 0 Å². The lowest BCUT2D eigenvalue weighted by atomic mass is 10.0. The molecule has 0 unspecified atom stereocenters. The number of anilines is 7. The Labute approximate surface area is 339 Å². The zero-order chi connectivity index (χ0) is 38.7. The molecule has 278 valence electrons. The minimum Gasteiger partial charge on any atom is -0.356 e. The summed E-state index contributed by atoms with van der Waals surface area (Å²) in [6, 6.07) is 71.2. The van der Waals surface area contributed by atoms with Crippen LogP contribution in [-0.4, -0.2) is 4.57 Å². The molecule has 1 heterocycles. The second-order valence-electron chi connectivity index (χ2n) is 14.7. The molecule has 0 atom stereocenters. The van der Waals surface area contributed by atoms with E-state index in [4.69, 9.17) is 0 Å². The number of nitrogens with one attached hydrogen (secondary N) is 2. The number of rotatable bonds is 10. The predicted octanol–water partition coefficient (Wildman–Crippen LogP) is 15.3. The first kappa shape index (κ1) is 34.9. The van der Waals surface area contributed by atoms with Crippen molar-refractivity contribution < 1.29 is 0 Å². The van der Waals surface area contributed by atoms with Crippen LogP contribution in [0.5, 0.6) is 0 Å². The second kappa shape index (κ2) is 15.5. The molecule has 1 aliphatic carbocycles. The van der Waals surface area contributed by atoms with Crippen LogP contribution >= 0.6 is 0 Å². The molecule has 0 spiro atoms. The van der Waals surface area contributed by atoms with E-state index in [0.29, 0.717) is 0 Å². The maximum atomic E-state index is 3.63. The number of nitrogens with zero attached hydrogens (tertiary/aromatic N) is 2. The summed E-state index contributed by atoms with van der Waals surface area (Å²) in [7, 11) is 0. The van der Waals surface area contributed by atoms with Crippen molar-refractivity contribution in [3.05, 3.63) is 218 Å². The standard InChI is InChI=1S/C54H42N4/c1-4-16-42(17-5-1)56-52-25-12-10-23-49(52)41-15-14-18-44(37-41)55-43-31-27-39(28-32-43)40-29-33-47(34-30-40)57(45-19-6-2-7-20-45)48-35-36-54-51(38-48)50-24-11-13-26-53(50)58(54)46-21-8-3-9-22-46/h1-2,4-8,10-38,55-56H,3,9H2. The largest absolute Gasteiger partial charge is 0.356 e. The molecule has 0 radical (unpaired) electrons. The highest BCUT2D eigenvalue weighted by molar-refractivity contribution is 6.11. The van der Waals surface area contributed by atoms with Crippen molar-refractivity contribution >= 4 is 67.3 Å². The smallest absolute Gasteiger partial charge is 0.0542 e. The zero-order valence-electron chi connectivity index (χ0n) is 32.1. The molecule has 10 rings (SSSR count). The summed E-state index contributed by atoms with van der Waals surface area (Å²) in [4.78, 5) is 2.35. The Balaban J connectivity index is 0.914. The number of allylic oxidation sites excluding steroid dienone is 4. The van der Waals surface area contributed by atoms with Crippen LogP contribution in [0.15, 0.2) is 218 Å². The maximum absolute atomic E-state index is 3.63. The van der Waals surface area contributed by atoms with E-state index in [9.17, 15) is 0 Å². The lowest BCUT2D eigenvalue weighted by Crippen LogP contribution is -2.09. The van der Waals surface area contributed by atoms with Crippen molar-refractivity contribution in [2.75, 3.05) is 15.5 Å². The van der Waals surface area contributed by atoms with Crippen molar-refractivity contribution in [2.24, 2.45) is 0 Å². The number of fused-ring (bicyclic) bond motifs is 3. The van der Waals surface area contributed by atoms with Gasteiger partial charge in [-0.1, -0.05) is 121 Å². The van der Waals surface area contributed by atoms with Gasteiger partial charge >= 0.3 is 0 Å². The number of para-hydroxylation sites is 4. The van der Waals surface area contributed by atoms with Gasteiger partial charge in [0.1, 0.15) is 0 Å². The van der Waals surface area contributed by atoms with Crippen LogP contribution in [0.2, 0.25) is 0 Å². The van der Waals surface area contributed by atoms with Crippen LogP contribution in [0.4, 0.5) is 39.8 Å². The van der Waals surface area contributed by atoms with Crippen molar-refractivity contribution in [3.63, 3.8) is 0 Å². The number of hydrogen-bond acceptors (Lipinski definition) is 3. The third-order valence-electron chi connectivity index (χ3n) is 10.9. The lowest BCUT2D eigenvalue weighted by molar-refractivity contribution is 1.02. The van der Waals surface area contributed by atoms with E-state index in [2.05, 4.69) is 220 Å². The van der Waals surface area contributed by atoms with Gasteiger partial charge in [-0.2, -0.15) is 0 Å². The maximum Gasteiger partial charge on any atom is 0.0542 e. The van der Waals surface area contributed by atoms with Crippen molar-refractivity contribution in [3.8, 4) is 22.3 Å². The molecule has 2 N–H and O–H groups in total. The molecule has 0 saturated heterocycles. The Bertz CT molecular complexity index is 2920. The minimum absolute atomic E-state index is 1.04. The summed E-state index contributed by atoms with van der Waals surface area (Å²) in [5.74, 6) is 0. The van der Waals surface area contributed by atoms with E-state index in [1.54, 1.807) is 0 Å². The Hall–Kier alpha value is -7.56. The van der Waals surface area contributed by atoms with Gasteiger partial charge < -0.3 is 20.1 Å². The molecule has 4 nitrogen and oxygen atoms in total. The summed E-state index contributed by atoms with van der Waals surface area (Å²) in [6.07, 6.45) is 9.06. The van der Waals surface area contributed by atoms with Crippen LogP contribution in [0.1, 0.15) is 12.8 Å². The quantitative estimate of drug-likeness (QED) is 0.146. The average molecular weight is 747 g/mol. The van der Waals surface area contributed by atoms with Gasteiger partial charge in [0, 0.05) is 61.8 Å². The highest BCUT2D eigenvalue weighted by Crippen LogP contribution is 2.41. The van der Waals surface area contributed by atoms with Crippen LogP contribution in [0.25, 0.3) is 49.8 Å². The van der Waals surface area contributed by atoms with Gasteiger partial charge in [-0.3, -0.25) is 0 Å². The van der Waals surface area contributed by atoms with E-state index in [1.807, 2.05) is 18.2 Å². The fourth-order valence-corrected chi connectivity index (χ4v) is 8.17. The molecule has 1 aromatic heterocycles. The normalized spacial score (nSPS) is 12.4. The first-order chi connectivity index (χ1) is 28.7. The predicted molar refractivity (Wildman–Crippen MR) is 247 cm³/mol. The molecule has 0 saturated carbocycles. The van der Waals surface area contributed by atoms with Gasteiger partial charge in [0.15, 0.2) is 0 Å². The fraction of sp³-hybridized carbons (Fsp3) is 0.0370. The van der Waals surface area contributed by atoms with E-state index in [-0.39, 0.29) is 0 Å². The number of aromatic nitrogens is 1. The SMILES string of the molecule is C1=CC(n2c3ccccc3c3cc(N(c4ccccc4)c4ccc(-c5ccc(Nc6cccc(-c7ccccc7Nc7ccccc7)c6)cc5)cc4)ccc32)=CCC1. The van der Waals surface area contributed by atoms with Crippen LogP contribution in [0.3, 0.4) is 0 Å². The molecule has 4 heteroatoms. The monoisotopic (exact) mass is 746 g/mol. The summed E-state index contributed by atoms with van der Waals surface area (Å²) < 4.78 is 2.41. The molecule has 0 amide bonds. The summed E-state index contributed by atoms with van der Waals surface area (Å²) in [5.41, 5.74) is 15.9. The van der Waals surface area contributed by atoms with Gasteiger partial charge in [-0.15, -0.1) is 0 Å². The topological polar surface area (TPSA) is 32.2 Å². The van der Waals surface area contributed by atoms with Crippen LogP contribution in [0, 0.1) is 0 Å². The van der Waals surface area contributed by atoms with Crippen molar-refractivity contribution in [1.29, 1.82) is 0 Å². The molecule has 0 aliphatic heterocycles. The Morgan fingerprint density at radius 1 is 0.414 bits per heavy atom. The second-order valence-corrected chi connectivity index (χ2v) is 14.7. The summed E-state index contributed by atoms with van der Waals surface area (Å²) in [6.45, 7) is 0. The van der Waals surface area contributed by atoms with Gasteiger partial charge in [0.05, 0.1) is 11.0 Å². The first-order valence-corrected chi connectivity index (χ1v) is 20.0. The van der Waals surface area contributed by atoms with Crippen molar-refractivity contribution in [1.82, 2.24) is 4.57 Å². The molecule has 1 aliphatic rings. The molecule has 0 bridgehead atoms. The van der Waals surface area contributed by atoms with Gasteiger partial charge in [-0.05, 0) is 127 Å². The Kier molecular flexibility index (Phi) is 9.34. The van der Waals surface area contributed by atoms with E-state index in [0.717, 1.165) is 63.8 Å². The van der Waals surface area contributed by atoms with E-state index < -0.39 is 0 Å². The third kappa shape index (κ3) is 6.93. The van der Waals surface area contributed by atoms with E-state index in [1.165, 1.54) is 38.6 Å². The Morgan fingerprint density at radius 3 is 1.84 bits per heavy atom. The first-order valence-electron chi connectivity index (χ1n) is 20.0. The molecular formula is C54H42N4. The fourth-order valence-electron chi connectivity index (χ4n) is 8.17. The average Bonchev–Trinajstić information content (AvgIpc) is 3.62. The summed E-state index contributed by atoms with van der Waals surface area (Å²) >= 11 is 0. The van der Waals surface area contributed by atoms with Crippen LogP contribution < -0.4 is 15.5 Å². The summed E-state index contributed by atoms with van der Waals surface area (Å²) in [5, 5.41) is 9.72. The third-order valence-corrected chi connectivity index (χ3v) is 10.9. The molecule has 0 fully saturated rings. The molecule has 9 aromatic rings. The van der Waals surface area contributed by atoms with Crippen molar-refractivity contribution in [2.45, 2.75) is 12.8 Å². The molecule has 58 heavy (non-hydrogen) atoms. The van der Waals surface area contributed by atoms with Gasteiger partial charge in [0.25, 0.3) is 0 Å². The molecule has 8 aromatic carbocycles. The Morgan fingerprint density at radius 2 is 1.05 bits per heavy atom. The van der Waals surface area contributed by atoms with E-state index >= 15 is 0 Å². The number of benzene rings is 8.